The molecule has 1 saturated carbocycles. The summed E-state index contributed by atoms with van der Waals surface area (Å²) in [5.41, 5.74) is 7.49. The van der Waals surface area contributed by atoms with Crippen molar-refractivity contribution in [1.82, 2.24) is 4.98 Å². The normalized spacial score (nSPS) is 17.9. The van der Waals surface area contributed by atoms with Crippen LogP contribution in [0.3, 0.4) is 0 Å². The van der Waals surface area contributed by atoms with E-state index in [0.717, 1.165) is 0 Å². The first-order chi connectivity index (χ1) is 7.36. The summed E-state index contributed by atoms with van der Waals surface area (Å²) >= 11 is 0. The van der Waals surface area contributed by atoms with Crippen LogP contribution in [-0.4, -0.2) is 4.98 Å². The van der Waals surface area contributed by atoms with Crippen LogP contribution in [0.5, 0.6) is 0 Å². The van der Waals surface area contributed by atoms with E-state index in [9.17, 15) is 0 Å². The summed E-state index contributed by atoms with van der Waals surface area (Å²) in [5.74, 6) is 0.691. The molecule has 2 aromatic rings. The number of benzene rings is 1. The van der Waals surface area contributed by atoms with Gasteiger partial charge in [0.2, 0.25) is 0 Å². The van der Waals surface area contributed by atoms with Gasteiger partial charge in [0.1, 0.15) is 0 Å². The van der Waals surface area contributed by atoms with E-state index in [1.165, 1.54) is 29.2 Å². The molecule has 2 nitrogen and oxygen atoms in total. The largest absolute Gasteiger partial charge is 0.324 e. The Kier molecular flexibility index (Phi) is 1.96. The van der Waals surface area contributed by atoms with Gasteiger partial charge in [0.05, 0.1) is 0 Å². The van der Waals surface area contributed by atoms with E-state index in [1.54, 1.807) is 0 Å². The van der Waals surface area contributed by atoms with Crippen molar-refractivity contribution < 1.29 is 0 Å². The third-order valence-corrected chi connectivity index (χ3v) is 3.21. The molecular weight excluding hydrogens is 184 g/mol. The van der Waals surface area contributed by atoms with Gasteiger partial charge in [-0.1, -0.05) is 18.2 Å². The van der Waals surface area contributed by atoms with E-state index in [2.05, 4.69) is 23.2 Å². The summed E-state index contributed by atoms with van der Waals surface area (Å²) in [6, 6.07) is 8.56. The molecule has 1 fully saturated rings. The fourth-order valence-corrected chi connectivity index (χ4v) is 2.14. The molecule has 1 aromatic heterocycles. The molecule has 0 saturated heterocycles. The van der Waals surface area contributed by atoms with Crippen molar-refractivity contribution in [3.8, 4) is 0 Å². The summed E-state index contributed by atoms with van der Waals surface area (Å²) in [5, 5.41) is 2.44. The van der Waals surface area contributed by atoms with Crippen LogP contribution in [0.1, 0.15) is 24.4 Å². The van der Waals surface area contributed by atoms with Gasteiger partial charge >= 0.3 is 0 Å². The van der Waals surface area contributed by atoms with E-state index in [0.29, 0.717) is 5.92 Å². The zero-order chi connectivity index (χ0) is 10.3. The van der Waals surface area contributed by atoms with Crippen LogP contribution in [-0.2, 0) is 0 Å². The van der Waals surface area contributed by atoms with Crippen LogP contribution in [0.4, 0.5) is 0 Å². The molecule has 1 unspecified atom stereocenters. The summed E-state index contributed by atoms with van der Waals surface area (Å²) in [6.45, 7) is 0. The Labute approximate surface area is 89.1 Å². The summed E-state index contributed by atoms with van der Waals surface area (Å²) in [4.78, 5) is 4.18. The molecule has 3 rings (SSSR count). The van der Waals surface area contributed by atoms with Gasteiger partial charge in [-0.3, -0.25) is 4.98 Å². The van der Waals surface area contributed by atoms with Crippen LogP contribution in [0.25, 0.3) is 10.8 Å². The maximum atomic E-state index is 6.24. The highest BCUT2D eigenvalue weighted by atomic mass is 14.7. The lowest BCUT2D eigenvalue weighted by Gasteiger charge is -2.13. The number of nitrogens with two attached hydrogens (primary N) is 1. The van der Waals surface area contributed by atoms with Gasteiger partial charge in [-0.2, -0.15) is 0 Å². The molecule has 76 valence electrons. The average Bonchev–Trinajstić information content (AvgIpc) is 3.11. The van der Waals surface area contributed by atoms with Crippen LogP contribution >= 0.6 is 0 Å². The molecule has 1 aliphatic rings. The van der Waals surface area contributed by atoms with Crippen molar-refractivity contribution in [3.05, 3.63) is 42.2 Å². The second-order valence-electron chi connectivity index (χ2n) is 4.31. The van der Waals surface area contributed by atoms with E-state index >= 15 is 0 Å². The molecular formula is C13H14N2. The lowest BCUT2D eigenvalue weighted by Crippen LogP contribution is -2.12. The number of fused-ring (bicyclic) bond motifs is 1. The molecule has 0 aliphatic heterocycles. The van der Waals surface area contributed by atoms with Gasteiger partial charge in [-0.25, -0.2) is 0 Å². The fourth-order valence-electron chi connectivity index (χ4n) is 2.14. The van der Waals surface area contributed by atoms with Crippen LogP contribution in [0, 0.1) is 5.92 Å². The highest BCUT2D eigenvalue weighted by Gasteiger charge is 2.30. The third-order valence-electron chi connectivity index (χ3n) is 3.21. The Balaban J connectivity index is 2.16. The predicted octanol–water partition coefficient (Wildman–Crippen LogP) is 2.64. The topological polar surface area (TPSA) is 38.9 Å². The molecule has 0 spiro atoms. The van der Waals surface area contributed by atoms with Gasteiger partial charge in [-0.15, -0.1) is 0 Å². The molecule has 2 N–H and O–H groups in total. The van der Waals surface area contributed by atoms with Crippen molar-refractivity contribution in [2.75, 3.05) is 0 Å². The maximum Gasteiger partial charge on any atom is 0.0349 e. The number of nitrogens with zero attached hydrogens (tertiary/aromatic N) is 1. The molecule has 1 atom stereocenters. The first kappa shape index (κ1) is 8.86. The molecule has 1 aliphatic carbocycles. The van der Waals surface area contributed by atoms with E-state index in [-0.39, 0.29) is 6.04 Å². The molecule has 0 bridgehead atoms. The van der Waals surface area contributed by atoms with Crippen LogP contribution in [0.2, 0.25) is 0 Å². The fraction of sp³-hybridized carbons (Fsp3) is 0.308. The van der Waals surface area contributed by atoms with Crippen molar-refractivity contribution in [1.29, 1.82) is 0 Å². The number of aromatic nitrogens is 1. The first-order valence-corrected chi connectivity index (χ1v) is 5.44. The highest BCUT2D eigenvalue weighted by Crippen LogP contribution is 2.41. The smallest absolute Gasteiger partial charge is 0.0349 e. The van der Waals surface area contributed by atoms with E-state index in [1.807, 2.05) is 18.5 Å². The molecule has 2 heteroatoms. The SMILES string of the molecule is NC(c1cccc2ccncc12)C1CC1. The number of hydrogen-bond donors (Lipinski definition) is 1. The number of pyridine rings is 1. The Morgan fingerprint density at radius 2 is 2.13 bits per heavy atom. The van der Waals surface area contributed by atoms with Gasteiger partial charge in [0.25, 0.3) is 0 Å². The lowest BCUT2D eigenvalue weighted by molar-refractivity contribution is 0.638. The molecule has 0 amide bonds. The second-order valence-corrected chi connectivity index (χ2v) is 4.31. The highest BCUT2D eigenvalue weighted by molar-refractivity contribution is 5.85. The Morgan fingerprint density at radius 3 is 2.93 bits per heavy atom. The van der Waals surface area contributed by atoms with E-state index < -0.39 is 0 Å². The minimum atomic E-state index is 0.192. The standard InChI is InChI=1S/C13H14N2/c14-13(10-4-5-10)11-3-1-2-9-6-7-15-8-12(9)11/h1-3,6-8,10,13H,4-5,14H2. The third kappa shape index (κ3) is 1.51. The zero-order valence-corrected chi connectivity index (χ0v) is 8.56. The minimum Gasteiger partial charge on any atom is -0.324 e. The van der Waals surface area contributed by atoms with E-state index in [4.69, 9.17) is 5.73 Å². The Morgan fingerprint density at radius 1 is 1.27 bits per heavy atom. The molecule has 0 radical (unpaired) electrons. The monoisotopic (exact) mass is 198 g/mol. The molecule has 1 aromatic carbocycles. The van der Waals surface area contributed by atoms with Crippen molar-refractivity contribution >= 4 is 10.8 Å². The second kappa shape index (κ2) is 3.31. The Bertz CT molecular complexity index is 483. The first-order valence-electron chi connectivity index (χ1n) is 5.44. The number of rotatable bonds is 2. The maximum absolute atomic E-state index is 6.24. The van der Waals surface area contributed by atoms with Gasteiger partial charge in [0.15, 0.2) is 0 Å². The van der Waals surface area contributed by atoms with Crippen LogP contribution in [0.15, 0.2) is 36.7 Å². The zero-order valence-electron chi connectivity index (χ0n) is 8.56. The average molecular weight is 198 g/mol. The molecule has 15 heavy (non-hydrogen) atoms. The Hall–Kier alpha value is -1.41. The summed E-state index contributed by atoms with van der Waals surface area (Å²) in [6.07, 6.45) is 6.30. The lowest BCUT2D eigenvalue weighted by atomic mass is 9.98. The van der Waals surface area contributed by atoms with Crippen LogP contribution < -0.4 is 5.73 Å². The van der Waals surface area contributed by atoms with Crippen molar-refractivity contribution in [3.63, 3.8) is 0 Å². The van der Waals surface area contributed by atoms with Gasteiger partial charge in [0, 0.05) is 23.8 Å². The van der Waals surface area contributed by atoms with Crippen molar-refractivity contribution in [2.24, 2.45) is 11.7 Å². The summed E-state index contributed by atoms with van der Waals surface area (Å²) in [7, 11) is 0. The van der Waals surface area contributed by atoms with Gasteiger partial charge in [-0.05, 0) is 35.8 Å². The minimum absolute atomic E-state index is 0.192. The van der Waals surface area contributed by atoms with Gasteiger partial charge < -0.3 is 5.73 Å². The number of hydrogen-bond acceptors (Lipinski definition) is 2. The predicted molar refractivity (Wildman–Crippen MR) is 61.4 cm³/mol. The van der Waals surface area contributed by atoms with Crippen molar-refractivity contribution in [2.45, 2.75) is 18.9 Å². The molecule has 1 heterocycles. The quantitative estimate of drug-likeness (QED) is 0.805. The summed E-state index contributed by atoms with van der Waals surface area (Å²) < 4.78 is 0.